The minimum absolute atomic E-state index is 0.00268. The smallest absolute Gasteiger partial charge is 0.308 e. The van der Waals surface area contributed by atoms with Crippen molar-refractivity contribution in [2.45, 2.75) is 12.8 Å². The maximum atomic E-state index is 13.1. The fourth-order valence-electron chi connectivity index (χ4n) is 2.37. The highest BCUT2D eigenvalue weighted by molar-refractivity contribution is 5.98. The number of carbonyl (C=O) groups excluding carboxylic acids is 1. The lowest BCUT2D eigenvalue weighted by Gasteiger charge is -2.30. The van der Waals surface area contributed by atoms with E-state index in [0.29, 0.717) is 25.5 Å². The van der Waals surface area contributed by atoms with Gasteiger partial charge in [0.05, 0.1) is 16.9 Å². The molecule has 112 valence electrons. The summed E-state index contributed by atoms with van der Waals surface area (Å²) in [6.07, 6.45) is 0.975. The number of likely N-dealkylation sites (tertiary alicyclic amines) is 1. The first-order chi connectivity index (χ1) is 9.90. The Morgan fingerprint density at radius 3 is 2.76 bits per heavy atom. The van der Waals surface area contributed by atoms with Crippen LogP contribution in [-0.2, 0) is 4.79 Å². The van der Waals surface area contributed by atoms with Gasteiger partial charge in [-0.1, -0.05) is 0 Å². The summed E-state index contributed by atoms with van der Waals surface area (Å²) in [6, 6.07) is 2.71. The van der Waals surface area contributed by atoms with Crippen LogP contribution in [-0.4, -0.2) is 39.9 Å². The zero-order chi connectivity index (χ0) is 15.6. The lowest BCUT2D eigenvalue weighted by molar-refractivity contribution is -0.385. The molecule has 1 aliphatic heterocycles. The topological polar surface area (TPSA) is 101 Å². The molecule has 1 heterocycles. The number of nitrogens with zero attached hydrogens (tertiary/aromatic N) is 2. The fourth-order valence-corrected chi connectivity index (χ4v) is 2.37. The summed E-state index contributed by atoms with van der Waals surface area (Å²) >= 11 is 0. The molecule has 7 nitrogen and oxygen atoms in total. The van der Waals surface area contributed by atoms with Gasteiger partial charge < -0.3 is 10.0 Å². The van der Waals surface area contributed by atoms with E-state index in [4.69, 9.17) is 5.11 Å². The van der Waals surface area contributed by atoms with Gasteiger partial charge in [-0.25, -0.2) is 4.39 Å². The van der Waals surface area contributed by atoms with Crippen molar-refractivity contribution < 1.29 is 24.0 Å². The number of nitro groups is 1. The largest absolute Gasteiger partial charge is 0.481 e. The van der Waals surface area contributed by atoms with Gasteiger partial charge >= 0.3 is 5.97 Å². The van der Waals surface area contributed by atoms with Gasteiger partial charge in [-0.05, 0) is 25.0 Å². The van der Waals surface area contributed by atoms with E-state index in [0.717, 1.165) is 12.1 Å². The van der Waals surface area contributed by atoms with Gasteiger partial charge in [-0.3, -0.25) is 19.7 Å². The first kappa shape index (κ1) is 14.9. The number of rotatable bonds is 3. The first-order valence-electron chi connectivity index (χ1n) is 6.36. The number of benzene rings is 1. The lowest BCUT2D eigenvalue weighted by Crippen LogP contribution is -2.42. The quantitative estimate of drug-likeness (QED) is 0.675. The Labute approximate surface area is 119 Å². The number of halogens is 1. The third-order valence-electron chi connectivity index (χ3n) is 3.44. The molecule has 1 amide bonds. The Bertz CT molecular complexity index is 604. The maximum absolute atomic E-state index is 13.1. The fraction of sp³-hybridized carbons (Fsp3) is 0.385. The minimum atomic E-state index is -0.999. The Morgan fingerprint density at radius 1 is 1.43 bits per heavy atom. The summed E-state index contributed by atoms with van der Waals surface area (Å²) in [7, 11) is 0. The number of aliphatic carboxylic acids is 1. The average molecular weight is 296 g/mol. The summed E-state index contributed by atoms with van der Waals surface area (Å²) in [6.45, 7) is 0.333. The monoisotopic (exact) mass is 296 g/mol. The van der Waals surface area contributed by atoms with Crippen LogP contribution in [0.25, 0.3) is 0 Å². The molecule has 1 unspecified atom stereocenters. The second-order valence-corrected chi connectivity index (χ2v) is 4.85. The van der Waals surface area contributed by atoms with Gasteiger partial charge in [0.15, 0.2) is 0 Å². The van der Waals surface area contributed by atoms with Crippen molar-refractivity contribution >= 4 is 17.6 Å². The molecule has 0 spiro atoms. The summed E-state index contributed by atoms with van der Waals surface area (Å²) in [5.41, 5.74) is -0.843. The van der Waals surface area contributed by atoms with Crippen LogP contribution in [0.3, 0.4) is 0 Å². The second kappa shape index (κ2) is 5.86. The van der Waals surface area contributed by atoms with Crippen LogP contribution in [0.2, 0.25) is 0 Å². The molecule has 0 aliphatic carbocycles. The van der Waals surface area contributed by atoms with Crippen molar-refractivity contribution in [3.8, 4) is 0 Å². The molecule has 0 radical (unpaired) electrons. The number of piperidine rings is 1. The molecule has 21 heavy (non-hydrogen) atoms. The van der Waals surface area contributed by atoms with Crippen molar-refractivity contribution in [3.63, 3.8) is 0 Å². The van der Waals surface area contributed by atoms with Crippen LogP contribution < -0.4 is 0 Å². The van der Waals surface area contributed by atoms with E-state index < -0.39 is 34.2 Å². The van der Waals surface area contributed by atoms with Gasteiger partial charge in [0.25, 0.3) is 11.6 Å². The van der Waals surface area contributed by atoms with E-state index in [1.54, 1.807) is 0 Å². The molecule has 1 atom stereocenters. The lowest BCUT2D eigenvalue weighted by atomic mass is 9.97. The molecule has 2 rings (SSSR count). The predicted molar refractivity (Wildman–Crippen MR) is 69.3 cm³/mol. The highest BCUT2D eigenvalue weighted by Crippen LogP contribution is 2.24. The van der Waals surface area contributed by atoms with Crippen LogP contribution in [0.15, 0.2) is 18.2 Å². The van der Waals surface area contributed by atoms with Crippen molar-refractivity contribution in [2.24, 2.45) is 5.92 Å². The van der Waals surface area contributed by atoms with Gasteiger partial charge in [0.1, 0.15) is 11.4 Å². The number of carboxylic acids is 1. The van der Waals surface area contributed by atoms with Crippen LogP contribution in [0.5, 0.6) is 0 Å². The highest BCUT2D eigenvalue weighted by atomic mass is 19.1. The summed E-state index contributed by atoms with van der Waals surface area (Å²) in [5, 5.41) is 19.9. The molecule has 0 aromatic heterocycles. The van der Waals surface area contributed by atoms with Crippen molar-refractivity contribution in [3.05, 3.63) is 39.7 Å². The number of amides is 1. The number of carboxylic acid groups (broad SMARTS) is 1. The normalized spacial score (nSPS) is 18.3. The molecule has 1 aromatic carbocycles. The van der Waals surface area contributed by atoms with Gasteiger partial charge in [-0.15, -0.1) is 0 Å². The molecular formula is C13H13FN2O5. The van der Waals surface area contributed by atoms with E-state index in [2.05, 4.69) is 0 Å². The second-order valence-electron chi connectivity index (χ2n) is 4.85. The van der Waals surface area contributed by atoms with Gasteiger partial charge in [0, 0.05) is 13.1 Å². The van der Waals surface area contributed by atoms with Gasteiger partial charge in [0.2, 0.25) is 0 Å². The molecule has 1 saturated heterocycles. The van der Waals surface area contributed by atoms with Crippen LogP contribution in [0.4, 0.5) is 10.1 Å². The summed E-state index contributed by atoms with van der Waals surface area (Å²) in [4.78, 5) is 34.6. The summed E-state index contributed by atoms with van der Waals surface area (Å²) in [5.74, 6) is -3.13. The molecule has 0 saturated carbocycles. The molecular weight excluding hydrogens is 283 g/mol. The summed E-state index contributed by atoms with van der Waals surface area (Å²) < 4.78 is 13.1. The maximum Gasteiger partial charge on any atom is 0.308 e. The Hall–Kier alpha value is -2.51. The number of nitro benzene ring substituents is 1. The van der Waals surface area contributed by atoms with Crippen molar-refractivity contribution in [2.75, 3.05) is 13.1 Å². The molecule has 1 N–H and O–H groups in total. The van der Waals surface area contributed by atoms with Crippen LogP contribution in [0, 0.1) is 21.8 Å². The van der Waals surface area contributed by atoms with Crippen LogP contribution in [0.1, 0.15) is 23.2 Å². The van der Waals surface area contributed by atoms with Crippen LogP contribution >= 0.6 is 0 Å². The third kappa shape index (κ3) is 3.15. The SMILES string of the molecule is O=C(O)C1CCCN(C(=O)c2ccc(F)cc2[N+](=O)[O-])C1. The Kier molecular flexibility index (Phi) is 4.15. The minimum Gasteiger partial charge on any atom is -0.481 e. The zero-order valence-corrected chi connectivity index (χ0v) is 11.0. The Morgan fingerprint density at radius 2 is 2.14 bits per heavy atom. The van der Waals surface area contributed by atoms with E-state index in [1.807, 2.05) is 0 Å². The predicted octanol–water partition coefficient (Wildman–Crippen LogP) is 1.67. The first-order valence-corrected chi connectivity index (χ1v) is 6.36. The standard InChI is InChI=1S/C13H13FN2O5/c14-9-3-4-10(11(6-9)16(20)21)12(17)15-5-1-2-8(7-15)13(18)19/h3-4,6,8H,1-2,5,7H2,(H,18,19). The molecule has 1 fully saturated rings. The van der Waals surface area contributed by atoms with E-state index in [-0.39, 0.29) is 12.1 Å². The number of carbonyl (C=O) groups is 2. The molecule has 1 aliphatic rings. The van der Waals surface area contributed by atoms with Gasteiger partial charge in [-0.2, -0.15) is 0 Å². The van der Waals surface area contributed by atoms with E-state index in [1.165, 1.54) is 4.90 Å². The molecule has 8 heteroatoms. The average Bonchev–Trinajstić information content (AvgIpc) is 2.46. The highest BCUT2D eigenvalue weighted by Gasteiger charge is 2.31. The van der Waals surface area contributed by atoms with E-state index >= 15 is 0 Å². The van der Waals surface area contributed by atoms with E-state index in [9.17, 15) is 24.1 Å². The molecule has 1 aromatic rings. The molecule has 0 bridgehead atoms. The Balaban J connectivity index is 2.28. The zero-order valence-electron chi connectivity index (χ0n) is 11.0. The third-order valence-corrected chi connectivity index (χ3v) is 3.44. The number of hydrogen-bond acceptors (Lipinski definition) is 4. The van der Waals surface area contributed by atoms with Crippen molar-refractivity contribution in [1.82, 2.24) is 4.90 Å². The van der Waals surface area contributed by atoms with Crippen molar-refractivity contribution in [1.29, 1.82) is 0 Å². The number of hydrogen-bond donors (Lipinski definition) is 1.